The minimum atomic E-state index is 0.450. The van der Waals surface area contributed by atoms with Crippen LogP contribution >= 0.6 is 0 Å². The van der Waals surface area contributed by atoms with Gasteiger partial charge in [0.05, 0.1) is 0 Å². The van der Waals surface area contributed by atoms with Crippen molar-refractivity contribution in [1.29, 1.82) is 0 Å². The second-order valence-electron chi connectivity index (χ2n) is 2.87. The van der Waals surface area contributed by atoms with Crippen molar-refractivity contribution in [1.82, 2.24) is 14.6 Å². The standard InChI is InChI=1S/C8H10N4/c1-5-3-4-6(2)12-7(5)10-11-8(12)9/h3-4H,1-2H3,(H2,9,11). The van der Waals surface area contributed by atoms with Gasteiger partial charge in [-0.15, -0.1) is 10.2 Å². The van der Waals surface area contributed by atoms with Gasteiger partial charge in [0, 0.05) is 5.69 Å². The van der Waals surface area contributed by atoms with Crippen LogP contribution in [0.2, 0.25) is 0 Å². The Kier molecular flexibility index (Phi) is 1.30. The summed E-state index contributed by atoms with van der Waals surface area (Å²) < 4.78 is 1.84. The van der Waals surface area contributed by atoms with Gasteiger partial charge in [0.25, 0.3) is 0 Å². The minimum Gasteiger partial charge on any atom is -0.368 e. The first-order valence-electron chi connectivity index (χ1n) is 3.77. The molecule has 0 aliphatic rings. The van der Waals surface area contributed by atoms with Crippen molar-refractivity contribution < 1.29 is 0 Å². The van der Waals surface area contributed by atoms with Crippen LogP contribution in [0.15, 0.2) is 12.1 Å². The Morgan fingerprint density at radius 3 is 2.67 bits per heavy atom. The number of aromatic nitrogens is 3. The third kappa shape index (κ3) is 0.777. The van der Waals surface area contributed by atoms with Crippen LogP contribution in [0.25, 0.3) is 5.65 Å². The normalized spacial score (nSPS) is 10.8. The summed E-state index contributed by atoms with van der Waals surface area (Å²) in [7, 11) is 0. The Bertz CT molecular complexity index is 430. The number of hydrogen-bond donors (Lipinski definition) is 1. The smallest absolute Gasteiger partial charge is 0.226 e. The summed E-state index contributed by atoms with van der Waals surface area (Å²) in [6, 6.07) is 4.01. The lowest BCUT2D eigenvalue weighted by Gasteiger charge is -2.01. The summed E-state index contributed by atoms with van der Waals surface area (Å²) in [5.41, 5.74) is 8.62. The summed E-state index contributed by atoms with van der Waals surface area (Å²) >= 11 is 0. The molecule has 2 rings (SSSR count). The van der Waals surface area contributed by atoms with Gasteiger partial charge in [-0.1, -0.05) is 6.07 Å². The van der Waals surface area contributed by atoms with Gasteiger partial charge in [-0.05, 0) is 25.5 Å². The number of fused-ring (bicyclic) bond motifs is 1. The van der Waals surface area contributed by atoms with Crippen molar-refractivity contribution in [3.05, 3.63) is 23.4 Å². The lowest BCUT2D eigenvalue weighted by molar-refractivity contribution is 1.08. The van der Waals surface area contributed by atoms with Gasteiger partial charge in [0.1, 0.15) is 0 Å². The molecule has 0 aliphatic carbocycles. The molecule has 0 amide bonds. The lowest BCUT2D eigenvalue weighted by atomic mass is 10.2. The lowest BCUT2D eigenvalue weighted by Crippen LogP contribution is -1.98. The highest BCUT2D eigenvalue weighted by molar-refractivity contribution is 5.51. The molecule has 2 heterocycles. The first-order valence-corrected chi connectivity index (χ1v) is 3.77. The van der Waals surface area contributed by atoms with Crippen molar-refractivity contribution in [3.8, 4) is 0 Å². The van der Waals surface area contributed by atoms with Crippen LogP contribution in [0.1, 0.15) is 11.3 Å². The van der Waals surface area contributed by atoms with Crippen molar-refractivity contribution in [2.75, 3.05) is 5.73 Å². The van der Waals surface area contributed by atoms with E-state index in [1.54, 1.807) is 0 Å². The molecule has 0 fully saturated rings. The van der Waals surface area contributed by atoms with E-state index in [4.69, 9.17) is 5.73 Å². The van der Waals surface area contributed by atoms with Crippen LogP contribution in [0.4, 0.5) is 5.95 Å². The molecular formula is C8H10N4. The second-order valence-corrected chi connectivity index (χ2v) is 2.87. The van der Waals surface area contributed by atoms with E-state index in [1.807, 2.05) is 30.4 Å². The Morgan fingerprint density at radius 2 is 2.00 bits per heavy atom. The van der Waals surface area contributed by atoms with E-state index in [-0.39, 0.29) is 0 Å². The molecule has 0 unspecified atom stereocenters. The third-order valence-corrected chi connectivity index (χ3v) is 1.97. The molecule has 0 atom stereocenters. The van der Waals surface area contributed by atoms with E-state index in [1.165, 1.54) is 0 Å². The van der Waals surface area contributed by atoms with E-state index in [9.17, 15) is 0 Å². The van der Waals surface area contributed by atoms with Gasteiger partial charge in [0.2, 0.25) is 5.95 Å². The number of nitrogens with zero attached hydrogens (tertiary/aromatic N) is 3. The topological polar surface area (TPSA) is 56.2 Å². The SMILES string of the molecule is Cc1ccc(C)n2c(N)nnc12. The predicted octanol–water partition coefficient (Wildman–Crippen LogP) is 0.928. The largest absolute Gasteiger partial charge is 0.368 e. The fraction of sp³-hybridized carbons (Fsp3) is 0.250. The van der Waals surface area contributed by atoms with Crippen LogP contribution in [-0.4, -0.2) is 14.6 Å². The number of nitrogens with two attached hydrogens (primary N) is 1. The van der Waals surface area contributed by atoms with Crippen LogP contribution in [0.5, 0.6) is 0 Å². The fourth-order valence-electron chi connectivity index (χ4n) is 1.29. The predicted molar refractivity (Wildman–Crippen MR) is 46.9 cm³/mol. The number of pyridine rings is 1. The highest BCUT2D eigenvalue weighted by Gasteiger charge is 2.05. The molecule has 62 valence electrons. The molecule has 0 aromatic carbocycles. The second kappa shape index (κ2) is 2.20. The number of nitrogen functional groups attached to an aromatic ring is 1. The van der Waals surface area contributed by atoms with Gasteiger partial charge in [-0.25, -0.2) is 0 Å². The molecule has 4 heteroatoms. The Labute approximate surface area is 70.0 Å². The molecular weight excluding hydrogens is 152 g/mol. The van der Waals surface area contributed by atoms with Crippen molar-refractivity contribution in [3.63, 3.8) is 0 Å². The average molecular weight is 162 g/mol. The van der Waals surface area contributed by atoms with Crippen LogP contribution < -0.4 is 5.73 Å². The van der Waals surface area contributed by atoms with E-state index in [2.05, 4.69) is 10.2 Å². The summed E-state index contributed by atoms with van der Waals surface area (Å²) in [6.07, 6.45) is 0. The van der Waals surface area contributed by atoms with E-state index >= 15 is 0 Å². The molecule has 12 heavy (non-hydrogen) atoms. The zero-order valence-electron chi connectivity index (χ0n) is 7.07. The van der Waals surface area contributed by atoms with Gasteiger partial charge < -0.3 is 5.73 Å². The van der Waals surface area contributed by atoms with Crippen molar-refractivity contribution in [2.24, 2.45) is 0 Å². The highest BCUT2D eigenvalue weighted by Crippen LogP contribution is 2.12. The highest BCUT2D eigenvalue weighted by atomic mass is 15.3. The Balaban J connectivity index is 2.98. The first kappa shape index (κ1) is 7.09. The zero-order valence-corrected chi connectivity index (χ0v) is 7.07. The van der Waals surface area contributed by atoms with E-state index in [0.717, 1.165) is 16.9 Å². The summed E-state index contributed by atoms with van der Waals surface area (Å²) in [4.78, 5) is 0. The fourth-order valence-corrected chi connectivity index (χ4v) is 1.29. The Hall–Kier alpha value is -1.58. The monoisotopic (exact) mass is 162 g/mol. The number of anilines is 1. The quantitative estimate of drug-likeness (QED) is 0.627. The van der Waals surface area contributed by atoms with Crippen LogP contribution in [-0.2, 0) is 0 Å². The molecule has 0 spiro atoms. The van der Waals surface area contributed by atoms with E-state index < -0.39 is 0 Å². The maximum atomic E-state index is 5.64. The number of rotatable bonds is 0. The molecule has 0 saturated carbocycles. The van der Waals surface area contributed by atoms with Crippen molar-refractivity contribution >= 4 is 11.6 Å². The maximum Gasteiger partial charge on any atom is 0.226 e. The molecule has 0 bridgehead atoms. The van der Waals surface area contributed by atoms with Gasteiger partial charge in [0.15, 0.2) is 5.65 Å². The minimum absolute atomic E-state index is 0.450. The average Bonchev–Trinajstić information content (AvgIpc) is 2.42. The number of hydrogen-bond acceptors (Lipinski definition) is 3. The molecule has 2 aromatic rings. The van der Waals surface area contributed by atoms with Gasteiger partial charge in [-0.2, -0.15) is 0 Å². The maximum absolute atomic E-state index is 5.64. The van der Waals surface area contributed by atoms with Crippen LogP contribution in [0.3, 0.4) is 0 Å². The summed E-state index contributed by atoms with van der Waals surface area (Å²) in [5, 5.41) is 7.77. The molecule has 0 radical (unpaired) electrons. The van der Waals surface area contributed by atoms with E-state index in [0.29, 0.717) is 5.95 Å². The summed E-state index contributed by atoms with van der Waals surface area (Å²) in [5.74, 6) is 0.450. The summed E-state index contributed by atoms with van der Waals surface area (Å²) in [6.45, 7) is 3.97. The molecule has 0 saturated heterocycles. The third-order valence-electron chi connectivity index (χ3n) is 1.97. The molecule has 4 nitrogen and oxygen atoms in total. The van der Waals surface area contributed by atoms with Gasteiger partial charge >= 0.3 is 0 Å². The molecule has 2 aromatic heterocycles. The Morgan fingerprint density at radius 1 is 1.25 bits per heavy atom. The molecule has 0 aliphatic heterocycles. The number of aryl methyl sites for hydroxylation is 2. The van der Waals surface area contributed by atoms with Crippen LogP contribution in [0, 0.1) is 13.8 Å². The zero-order chi connectivity index (χ0) is 8.72. The van der Waals surface area contributed by atoms with Gasteiger partial charge in [-0.3, -0.25) is 4.40 Å². The molecule has 2 N–H and O–H groups in total. The first-order chi connectivity index (χ1) is 5.70. The van der Waals surface area contributed by atoms with Crippen molar-refractivity contribution in [2.45, 2.75) is 13.8 Å².